The summed E-state index contributed by atoms with van der Waals surface area (Å²) in [6, 6.07) is 11.1. The molecule has 2 aromatic rings. The number of aromatic nitrogens is 1. The highest BCUT2D eigenvalue weighted by Crippen LogP contribution is 2.26. The van der Waals surface area contributed by atoms with E-state index in [1.54, 1.807) is 18.3 Å². The van der Waals surface area contributed by atoms with Crippen molar-refractivity contribution in [2.75, 3.05) is 44.2 Å². The van der Waals surface area contributed by atoms with E-state index in [2.05, 4.69) is 9.88 Å². The van der Waals surface area contributed by atoms with Gasteiger partial charge in [-0.1, -0.05) is 12.1 Å². The van der Waals surface area contributed by atoms with Gasteiger partial charge in [-0.15, -0.1) is 0 Å². The van der Waals surface area contributed by atoms with Gasteiger partial charge in [0.25, 0.3) is 0 Å². The number of amides is 1. The van der Waals surface area contributed by atoms with Gasteiger partial charge in [-0.25, -0.2) is 13.4 Å². The summed E-state index contributed by atoms with van der Waals surface area (Å²) >= 11 is 0. The van der Waals surface area contributed by atoms with Crippen molar-refractivity contribution in [1.82, 2.24) is 14.2 Å². The maximum absolute atomic E-state index is 13.0. The van der Waals surface area contributed by atoms with Crippen LogP contribution in [0.5, 0.6) is 0 Å². The minimum Gasteiger partial charge on any atom is -0.353 e. The number of piperidine rings is 1. The van der Waals surface area contributed by atoms with Gasteiger partial charge in [0.05, 0.1) is 4.90 Å². The summed E-state index contributed by atoms with van der Waals surface area (Å²) in [7, 11) is -3.52. The Kier molecular flexibility index (Phi) is 6.29. The maximum Gasteiger partial charge on any atom is 0.243 e. The zero-order valence-electron chi connectivity index (χ0n) is 18.2. The Morgan fingerprint density at radius 2 is 1.65 bits per heavy atom. The number of anilines is 1. The molecule has 2 fully saturated rings. The Morgan fingerprint density at radius 1 is 0.935 bits per heavy atom. The van der Waals surface area contributed by atoms with E-state index >= 15 is 0 Å². The van der Waals surface area contributed by atoms with Gasteiger partial charge in [0.15, 0.2) is 0 Å². The van der Waals surface area contributed by atoms with E-state index in [-0.39, 0.29) is 11.8 Å². The standard InChI is InChI=1S/C23H30N4O3S/c1-18-6-7-21(17-19(18)2)31(29,30)27-11-8-20(9-12-27)23(28)26-15-13-25(14-16-26)22-5-3-4-10-24-22/h3-7,10,17,20H,8-9,11-16H2,1-2H3. The van der Waals surface area contributed by atoms with E-state index in [1.807, 2.05) is 43.0 Å². The molecule has 3 heterocycles. The summed E-state index contributed by atoms with van der Waals surface area (Å²) in [5, 5.41) is 0. The van der Waals surface area contributed by atoms with E-state index in [0.29, 0.717) is 43.9 Å². The van der Waals surface area contributed by atoms with E-state index in [0.717, 1.165) is 30.0 Å². The first-order chi connectivity index (χ1) is 14.9. The molecule has 1 aromatic heterocycles. The summed E-state index contributed by atoms with van der Waals surface area (Å²) in [6.07, 6.45) is 2.93. The molecule has 0 bridgehead atoms. The third-order valence-corrected chi connectivity index (χ3v) is 8.38. The minimum absolute atomic E-state index is 0.104. The second-order valence-corrected chi connectivity index (χ2v) is 10.4. The first kappa shape index (κ1) is 21.8. The van der Waals surface area contributed by atoms with Crippen molar-refractivity contribution in [3.8, 4) is 0 Å². The zero-order valence-corrected chi connectivity index (χ0v) is 19.0. The molecule has 166 valence electrons. The molecule has 1 amide bonds. The van der Waals surface area contributed by atoms with Gasteiger partial charge in [-0.3, -0.25) is 4.79 Å². The van der Waals surface area contributed by atoms with Crippen molar-refractivity contribution in [2.45, 2.75) is 31.6 Å². The summed E-state index contributed by atoms with van der Waals surface area (Å²) in [4.78, 5) is 21.9. The monoisotopic (exact) mass is 442 g/mol. The molecule has 8 heteroatoms. The Hall–Kier alpha value is -2.45. The first-order valence-corrected chi connectivity index (χ1v) is 12.3. The van der Waals surface area contributed by atoms with Gasteiger partial charge in [0.1, 0.15) is 5.82 Å². The number of aryl methyl sites for hydroxylation is 2. The van der Waals surface area contributed by atoms with Crippen LogP contribution in [0.2, 0.25) is 0 Å². The van der Waals surface area contributed by atoms with E-state index in [9.17, 15) is 13.2 Å². The van der Waals surface area contributed by atoms with Crippen LogP contribution >= 0.6 is 0 Å². The minimum atomic E-state index is -3.52. The number of piperazine rings is 1. The summed E-state index contributed by atoms with van der Waals surface area (Å²) in [5.41, 5.74) is 2.04. The van der Waals surface area contributed by atoms with Crippen molar-refractivity contribution in [2.24, 2.45) is 5.92 Å². The van der Waals surface area contributed by atoms with E-state index in [1.165, 1.54) is 4.31 Å². The molecule has 1 aromatic carbocycles. The number of benzene rings is 1. The highest BCUT2D eigenvalue weighted by Gasteiger charge is 2.34. The van der Waals surface area contributed by atoms with Gasteiger partial charge in [0.2, 0.25) is 15.9 Å². The Labute approximate surface area is 184 Å². The molecule has 0 spiro atoms. The van der Waals surface area contributed by atoms with E-state index < -0.39 is 10.0 Å². The lowest BCUT2D eigenvalue weighted by Gasteiger charge is -2.38. The van der Waals surface area contributed by atoms with Crippen molar-refractivity contribution in [1.29, 1.82) is 0 Å². The SMILES string of the molecule is Cc1ccc(S(=O)(=O)N2CCC(C(=O)N3CCN(c4ccccn4)CC3)CC2)cc1C. The molecule has 7 nitrogen and oxygen atoms in total. The Morgan fingerprint density at radius 3 is 2.26 bits per heavy atom. The number of rotatable bonds is 4. The molecule has 0 unspecified atom stereocenters. The van der Waals surface area contributed by atoms with Crippen molar-refractivity contribution in [3.05, 3.63) is 53.7 Å². The Balaban J connectivity index is 1.32. The van der Waals surface area contributed by atoms with Gasteiger partial charge in [0, 0.05) is 51.4 Å². The second-order valence-electron chi connectivity index (χ2n) is 8.42. The molecule has 0 saturated carbocycles. The number of carbonyl (C=O) groups is 1. The third-order valence-electron chi connectivity index (χ3n) is 6.48. The van der Waals surface area contributed by atoms with Crippen LogP contribution in [0, 0.1) is 19.8 Å². The molecule has 2 saturated heterocycles. The summed E-state index contributed by atoms with van der Waals surface area (Å²) in [6.45, 7) is 7.56. The molecule has 0 aliphatic carbocycles. The number of pyridine rings is 1. The van der Waals surface area contributed by atoms with Crippen LogP contribution in [0.4, 0.5) is 5.82 Å². The molecule has 4 rings (SSSR count). The lowest BCUT2D eigenvalue weighted by Crippen LogP contribution is -2.52. The molecule has 0 radical (unpaired) electrons. The predicted octanol–water partition coefficient (Wildman–Crippen LogP) is 2.45. The fourth-order valence-corrected chi connectivity index (χ4v) is 5.88. The Bertz CT molecular complexity index is 1030. The van der Waals surface area contributed by atoms with Crippen LogP contribution < -0.4 is 4.90 Å². The van der Waals surface area contributed by atoms with Crippen LogP contribution in [0.1, 0.15) is 24.0 Å². The number of carbonyl (C=O) groups excluding carboxylic acids is 1. The topological polar surface area (TPSA) is 73.8 Å². The van der Waals surface area contributed by atoms with Gasteiger partial charge in [-0.05, 0) is 62.1 Å². The fourth-order valence-electron chi connectivity index (χ4n) is 4.32. The van der Waals surface area contributed by atoms with Crippen LogP contribution in [0.3, 0.4) is 0 Å². The molecular weight excluding hydrogens is 412 g/mol. The van der Waals surface area contributed by atoms with Crippen LogP contribution in [-0.4, -0.2) is 67.8 Å². The fraction of sp³-hybridized carbons (Fsp3) is 0.478. The van der Waals surface area contributed by atoms with Gasteiger partial charge >= 0.3 is 0 Å². The van der Waals surface area contributed by atoms with Gasteiger partial charge < -0.3 is 9.80 Å². The number of sulfonamides is 1. The largest absolute Gasteiger partial charge is 0.353 e. The molecule has 31 heavy (non-hydrogen) atoms. The van der Waals surface area contributed by atoms with Crippen LogP contribution in [-0.2, 0) is 14.8 Å². The molecule has 2 aliphatic heterocycles. The van der Waals surface area contributed by atoms with Gasteiger partial charge in [-0.2, -0.15) is 4.31 Å². The maximum atomic E-state index is 13.0. The third kappa shape index (κ3) is 4.60. The summed E-state index contributed by atoms with van der Waals surface area (Å²) in [5.74, 6) is 0.996. The number of hydrogen-bond acceptors (Lipinski definition) is 5. The normalized spacial score (nSPS) is 18.9. The highest BCUT2D eigenvalue weighted by atomic mass is 32.2. The number of hydrogen-bond donors (Lipinski definition) is 0. The van der Waals surface area contributed by atoms with E-state index in [4.69, 9.17) is 0 Å². The first-order valence-electron chi connectivity index (χ1n) is 10.9. The average Bonchev–Trinajstić information content (AvgIpc) is 2.81. The van der Waals surface area contributed by atoms with Crippen molar-refractivity contribution >= 4 is 21.7 Å². The molecule has 0 atom stereocenters. The second kappa shape index (κ2) is 8.96. The van der Waals surface area contributed by atoms with Crippen molar-refractivity contribution < 1.29 is 13.2 Å². The van der Waals surface area contributed by atoms with Crippen molar-refractivity contribution in [3.63, 3.8) is 0 Å². The van der Waals surface area contributed by atoms with Crippen LogP contribution in [0.15, 0.2) is 47.5 Å². The molecular formula is C23H30N4O3S. The predicted molar refractivity (Wildman–Crippen MR) is 120 cm³/mol. The quantitative estimate of drug-likeness (QED) is 0.727. The summed E-state index contributed by atoms with van der Waals surface area (Å²) < 4.78 is 27.6. The lowest BCUT2D eigenvalue weighted by atomic mass is 9.96. The molecule has 2 aliphatic rings. The highest BCUT2D eigenvalue weighted by molar-refractivity contribution is 7.89. The molecule has 0 N–H and O–H groups in total. The zero-order chi connectivity index (χ0) is 22.0. The lowest BCUT2D eigenvalue weighted by molar-refractivity contribution is -0.137. The smallest absolute Gasteiger partial charge is 0.243 e. The average molecular weight is 443 g/mol. The number of nitrogens with zero attached hydrogens (tertiary/aromatic N) is 4. The van der Waals surface area contributed by atoms with Crippen LogP contribution in [0.25, 0.3) is 0 Å².